The van der Waals surface area contributed by atoms with Crippen LogP contribution in [0.5, 0.6) is 0 Å². The zero-order valence-electron chi connectivity index (χ0n) is 26.8. The van der Waals surface area contributed by atoms with Crippen molar-refractivity contribution in [3.63, 3.8) is 0 Å². The number of rotatable bonds is 6. The van der Waals surface area contributed by atoms with Gasteiger partial charge < -0.3 is 39.0 Å². The minimum Gasteiger partial charge on any atom is -0.460 e. The van der Waals surface area contributed by atoms with Crippen molar-refractivity contribution in [1.82, 2.24) is 0 Å². The molecule has 7 rings (SSSR count). The van der Waals surface area contributed by atoms with Crippen molar-refractivity contribution in [2.45, 2.75) is 79.8 Å². The van der Waals surface area contributed by atoms with E-state index in [1.807, 2.05) is 0 Å². The van der Waals surface area contributed by atoms with E-state index >= 15 is 0 Å². The lowest BCUT2D eigenvalue weighted by atomic mass is 9.52. The molecule has 5 aliphatic rings. The fourth-order valence-corrected chi connectivity index (χ4v) is 9.30. The SMILES string of the molecule is C=C(C)[C@@]12O[C@@]3(c4ccccc4)O[C@@H]1[C@@H]1[C@H](O)[C@](Cl)(COC(=O)c4ccccc4)[C@@H](O)[C@]4(O)C(=O)C(C)=C[C@H]4[C@@]1(O3)[C@H](C)[C@H]2OC(C)=O. The summed E-state index contributed by atoms with van der Waals surface area (Å²) in [5, 5.41) is 37.3. The second-order valence-corrected chi connectivity index (χ2v) is 14.3. The van der Waals surface area contributed by atoms with Gasteiger partial charge in [0.05, 0.1) is 17.3 Å². The molecule has 3 N–H and O–H groups in total. The van der Waals surface area contributed by atoms with Gasteiger partial charge in [0.25, 0.3) is 0 Å². The van der Waals surface area contributed by atoms with Crippen LogP contribution < -0.4 is 0 Å². The van der Waals surface area contributed by atoms with Crippen LogP contribution in [0.2, 0.25) is 0 Å². The maximum Gasteiger partial charge on any atom is 0.338 e. The summed E-state index contributed by atoms with van der Waals surface area (Å²) in [5.41, 5.74) is -5.13. The molecule has 254 valence electrons. The monoisotopic (exact) mass is 680 g/mol. The molecule has 4 fully saturated rings. The van der Waals surface area contributed by atoms with Gasteiger partial charge in [-0.25, -0.2) is 4.79 Å². The predicted octanol–water partition coefficient (Wildman–Crippen LogP) is 2.94. The summed E-state index contributed by atoms with van der Waals surface area (Å²) in [5.74, 6) is -7.93. The van der Waals surface area contributed by atoms with E-state index in [1.54, 1.807) is 62.4 Å². The van der Waals surface area contributed by atoms with Gasteiger partial charge in [0.2, 0.25) is 0 Å². The number of esters is 2. The summed E-state index contributed by atoms with van der Waals surface area (Å²) in [7, 11) is 0. The summed E-state index contributed by atoms with van der Waals surface area (Å²) >= 11 is 7.24. The van der Waals surface area contributed by atoms with Crippen LogP contribution in [-0.2, 0) is 39.2 Å². The van der Waals surface area contributed by atoms with E-state index in [-0.39, 0.29) is 11.1 Å². The number of alkyl halides is 1. The zero-order valence-corrected chi connectivity index (χ0v) is 27.5. The second-order valence-electron chi connectivity index (χ2n) is 13.6. The minimum atomic E-state index is -2.70. The Hall–Kier alpha value is -3.42. The molecular weight excluding hydrogens is 644 g/mol. The van der Waals surface area contributed by atoms with Crippen LogP contribution in [0.25, 0.3) is 0 Å². The molecule has 12 atom stereocenters. The van der Waals surface area contributed by atoms with Gasteiger partial charge in [-0.3, -0.25) is 9.59 Å². The zero-order chi connectivity index (χ0) is 34.6. The van der Waals surface area contributed by atoms with Crippen LogP contribution in [0.15, 0.2) is 84.5 Å². The number of carbonyl (C=O) groups excluding carboxylic acids is 3. The molecule has 2 heterocycles. The molecule has 2 aromatic rings. The molecule has 11 nitrogen and oxygen atoms in total. The molecule has 0 spiro atoms. The number of hydrogen-bond donors (Lipinski definition) is 3. The highest BCUT2D eigenvalue weighted by Crippen LogP contribution is 2.71. The lowest BCUT2D eigenvalue weighted by Crippen LogP contribution is -2.77. The van der Waals surface area contributed by atoms with Crippen LogP contribution >= 0.6 is 11.6 Å². The molecule has 0 aromatic heterocycles. The number of hydrogen-bond acceptors (Lipinski definition) is 11. The average Bonchev–Trinajstić information content (AvgIpc) is 3.46. The normalized spacial score (nSPS) is 43.9. The third-order valence-corrected chi connectivity index (χ3v) is 11.6. The molecule has 48 heavy (non-hydrogen) atoms. The minimum absolute atomic E-state index is 0.108. The van der Waals surface area contributed by atoms with Gasteiger partial charge in [-0.2, -0.15) is 0 Å². The summed E-state index contributed by atoms with van der Waals surface area (Å²) in [6.07, 6.45) is -5.00. The molecule has 0 unspecified atom stereocenters. The summed E-state index contributed by atoms with van der Waals surface area (Å²) < 4.78 is 32.1. The van der Waals surface area contributed by atoms with Crippen molar-refractivity contribution in [2.75, 3.05) is 6.61 Å². The summed E-state index contributed by atoms with van der Waals surface area (Å²) in [6, 6.07) is 16.7. The molecule has 0 radical (unpaired) electrons. The van der Waals surface area contributed by atoms with Crippen LogP contribution in [0.4, 0.5) is 0 Å². The topological polar surface area (TPSA) is 158 Å². The molecule has 2 aliphatic heterocycles. The molecule has 12 heteroatoms. The van der Waals surface area contributed by atoms with Crippen LogP contribution in [-0.4, -0.2) is 85.7 Å². The Kier molecular flexibility index (Phi) is 7.44. The van der Waals surface area contributed by atoms with Gasteiger partial charge >= 0.3 is 17.9 Å². The number of aliphatic hydroxyl groups excluding tert-OH is 2. The van der Waals surface area contributed by atoms with Crippen molar-refractivity contribution in [1.29, 1.82) is 0 Å². The van der Waals surface area contributed by atoms with Gasteiger partial charge in [-0.05, 0) is 37.1 Å². The van der Waals surface area contributed by atoms with Crippen LogP contribution in [0, 0.1) is 17.8 Å². The van der Waals surface area contributed by atoms with Crippen molar-refractivity contribution in [3.05, 3.63) is 95.6 Å². The first kappa shape index (κ1) is 33.1. The smallest absolute Gasteiger partial charge is 0.338 e. The number of fused-ring (bicyclic) bond motifs is 2. The number of aliphatic hydroxyl groups is 3. The second kappa shape index (κ2) is 10.8. The maximum absolute atomic E-state index is 14.0. The first-order valence-electron chi connectivity index (χ1n) is 15.8. The van der Waals surface area contributed by atoms with E-state index in [4.69, 9.17) is 35.3 Å². The lowest BCUT2D eigenvalue weighted by Gasteiger charge is -2.62. The van der Waals surface area contributed by atoms with Crippen LogP contribution in [0.1, 0.15) is 43.6 Å². The van der Waals surface area contributed by atoms with Gasteiger partial charge in [-0.1, -0.05) is 68.1 Å². The first-order valence-corrected chi connectivity index (χ1v) is 16.2. The molecule has 2 saturated carbocycles. The van der Waals surface area contributed by atoms with E-state index in [9.17, 15) is 29.7 Å². The fourth-order valence-electron chi connectivity index (χ4n) is 8.94. The average molecular weight is 681 g/mol. The van der Waals surface area contributed by atoms with Crippen LogP contribution in [0.3, 0.4) is 0 Å². The van der Waals surface area contributed by atoms with Crippen molar-refractivity contribution in [2.24, 2.45) is 17.8 Å². The number of halogens is 1. The lowest BCUT2D eigenvalue weighted by molar-refractivity contribution is -0.442. The Labute approximate surface area is 282 Å². The fraction of sp³-hybridized carbons (Fsp3) is 0.472. The molecule has 3 aliphatic carbocycles. The molecule has 3 bridgehead atoms. The Morgan fingerprint density at radius 1 is 1.02 bits per heavy atom. The van der Waals surface area contributed by atoms with Crippen molar-refractivity contribution in [3.8, 4) is 0 Å². The number of Topliss-reactive ketones (excluding diaryl/α,β-unsaturated/α-hetero) is 1. The first-order chi connectivity index (χ1) is 22.6. The Balaban J connectivity index is 1.48. The third kappa shape index (κ3) is 4.00. The van der Waals surface area contributed by atoms with E-state index in [0.29, 0.717) is 11.1 Å². The van der Waals surface area contributed by atoms with E-state index < -0.39 is 94.1 Å². The van der Waals surface area contributed by atoms with Crippen molar-refractivity contribution >= 4 is 29.3 Å². The van der Waals surface area contributed by atoms with Crippen molar-refractivity contribution < 1.29 is 53.4 Å². The summed E-state index contributed by atoms with van der Waals surface area (Å²) in [6.45, 7) is 9.49. The highest BCUT2D eigenvalue weighted by atomic mass is 35.5. The van der Waals surface area contributed by atoms with E-state index in [0.717, 1.165) is 0 Å². The molecular formula is C36H37ClO11. The Bertz CT molecular complexity index is 1730. The van der Waals surface area contributed by atoms with Gasteiger partial charge in [0, 0.05) is 30.2 Å². The maximum atomic E-state index is 14.0. The van der Waals surface area contributed by atoms with Gasteiger partial charge in [0.15, 0.2) is 17.0 Å². The highest BCUT2D eigenvalue weighted by molar-refractivity contribution is 6.26. The summed E-state index contributed by atoms with van der Waals surface area (Å²) in [4.78, 5) is 37.5. The Morgan fingerprint density at radius 2 is 1.65 bits per heavy atom. The predicted molar refractivity (Wildman–Crippen MR) is 168 cm³/mol. The molecule has 0 amide bonds. The number of ketones is 1. The largest absolute Gasteiger partial charge is 0.460 e. The van der Waals surface area contributed by atoms with E-state index in [2.05, 4.69) is 6.58 Å². The molecule has 2 aromatic carbocycles. The molecule has 2 saturated heterocycles. The standard InChI is InChI=1S/C36H37ClO11/c1-18(2)34-28(45-21(5)38)20(4)35-24-16-19(3)26(39)33(24,43)31(42)32(37,17-44-30(41)22-12-8-6-9-13-22)27(40)25(35)29(34)46-36(47-34,48-35)23-14-10-7-11-15-23/h6-16,20,24-25,27-29,31,40,42-43H,1,17H2,2-5H3/t20-,24-,25+,27+,28-,29-,31-,32-,33-,34+,35+,36-/m1/s1. The Morgan fingerprint density at radius 3 is 2.25 bits per heavy atom. The quantitative estimate of drug-likeness (QED) is 0.234. The number of ether oxygens (including phenoxy) is 5. The van der Waals surface area contributed by atoms with Gasteiger partial charge in [-0.15, -0.1) is 11.6 Å². The van der Waals surface area contributed by atoms with Gasteiger partial charge in [0.1, 0.15) is 29.8 Å². The third-order valence-electron chi connectivity index (χ3n) is 11.1. The van der Waals surface area contributed by atoms with E-state index in [1.165, 1.54) is 32.1 Å². The number of carbonyl (C=O) groups is 3. The highest BCUT2D eigenvalue weighted by Gasteiger charge is 2.87. The number of benzene rings is 2.